The number of nitrogens with zero attached hydrogens (tertiary/aromatic N) is 2. The van der Waals surface area contributed by atoms with Gasteiger partial charge in [-0.15, -0.1) is 0 Å². The monoisotopic (exact) mass is 370 g/mol. The van der Waals surface area contributed by atoms with E-state index in [0.717, 1.165) is 11.4 Å². The van der Waals surface area contributed by atoms with E-state index in [1.807, 2.05) is 26.0 Å². The number of ether oxygens (including phenoxy) is 2. The molecule has 1 heterocycles. The molecule has 1 unspecified atom stereocenters. The Balaban J connectivity index is 0.00000176. The van der Waals surface area contributed by atoms with Crippen LogP contribution in [0.25, 0.3) is 0 Å². The molecule has 0 aliphatic carbocycles. The number of allylic oxidation sites excluding steroid dienone is 2. The van der Waals surface area contributed by atoms with Gasteiger partial charge in [-0.25, -0.2) is 0 Å². The van der Waals surface area contributed by atoms with Crippen LogP contribution in [0.3, 0.4) is 0 Å². The topological polar surface area (TPSA) is 34.1 Å². The lowest BCUT2D eigenvalue weighted by molar-refractivity contribution is 0.0630. The maximum Gasteiger partial charge on any atom is 0.119 e. The molecule has 0 spiro atoms. The summed E-state index contributed by atoms with van der Waals surface area (Å²) >= 11 is 0. The predicted molar refractivity (Wildman–Crippen MR) is 115 cm³/mol. The highest BCUT2D eigenvalue weighted by atomic mass is 16.5. The Labute approximate surface area is 164 Å². The van der Waals surface area contributed by atoms with Crippen LogP contribution < -0.4 is 4.74 Å². The first-order valence-corrected chi connectivity index (χ1v) is 9.44. The van der Waals surface area contributed by atoms with E-state index in [2.05, 4.69) is 62.7 Å². The van der Waals surface area contributed by atoms with Crippen LogP contribution in [0.4, 0.5) is 0 Å². The molecule has 4 nitrogen and oxygen atoms in total. The first-order chi connectivity index (χ1) is 12.9. The number of hydrogen-bond acceptors (Lipinski definition) is 4. The molecule has 2 rings (SSSR count). The second-order valence-corrected chi connectivity index (χ2v) is 7.07. The second-order valence-electron chi connectivity index (χ2n) is 7.07. The fourth-order valence-electron chi connectivity index (χ4n) is 2.70. The lowest BCUT2D eigenvalue weighted by atomic mass is 9.87. The largest absolute Gasteiger partial charge is 0.491 e. The van der Waals surface area contributed by atoms with E-state index in [9.17, 15) is 0 Å². The summed E-state index contributed by atoms with van der Waals surface area (Å²) in [4.78, 5) is 6.05. The van der Waals surface area contributed by atoms with E-state index in [-0.39, 0.29) is 11.5 Å². The third kappa shape index (κ3) is 6.40. The second kappa shape index (κ2) is 10.7. The summed E-state index contributed by atoms with van der Waals surface area (Å²) in [5.41, 5.74) is 2.94. The van der Waals surface area contributed by atoms with Gasteiger partial charge >= 0.3 is 0 Å². The summed E-state index contributed by atoms with van der Waals surface area (Å²) in [6.07, 6.45) is 3.42. The van der Waals surface area contributed by atoms with Crippen LogP contribution in [0.1, 0.15) is 40.2 Å². The van der Waals surface area contributed by atoms with Crippen molar-refractivity contribution in [2.24, 2.45) is 4.99 Å². The summed E-state index contributed by atoms with van der Waals surface area (Å²) < 4.78 is 11.8. The molecule has 4 heteroatoms. The molecule has 1 fully saturated rings. The first kappa shape index (κ1) is 22.7. The Hall–Kier alpha value is -2.33. The summed E-state index contributed by atoms with van der Waals surface area (Å²) in [5.74, 6) is 0.869. The van der Waals surface area contributed by atoms with Crippen LogP contribution >= 0.6 is 0 Å². The van der Waals surface area contributed by atoms with E-state index in [0.29, 0.717) is 25.6 Å². The number of rotatable bonds is 7. The molecule has 148 valence electrons. The van der Waals surface area contributed by atoms with Crippen LogP contribution in [0.15, 0.2) is 66.0 Å². The van der Waals surface area contributed by atoms with Gasteiger partial charge in [0.05, 0.1) is 11.4 Å². The third-order valence-electron chi connectivity index (χ3n) is 4.19. The van der Waals surface area contributed by atoms with Gasteiger partial charge in [0, 0.05) is 6.54 Å². The molecule has 27 heavy (non-hydrogen) atoms. The van der Waals surface area contributed by atoms with Crippen molar-refractivity contribution in [3.8, 4) is 5.75 Å². The molecule has 1 aromatic carbocycles. The molecule has 0 N–H and O–H groups in total. The normalized spacial score (nSPS) is 17.4. The summed E-state index contributed by atoms with van der Waals surface area (Å²) in [6.45, 7) is 23.5. The average molecular weight is 371 g/mol. The molecule has 0 bridgehead atoms. The highest BCUT2D eigenvalue weighted by Crippen LogP contribution is 2.26. The molecule has 1 aliphatic rings. The highest BCUT2D eigenvalue weighted by Gasteiger charge is 2.25. The SMILES string of the molecule is C=C/C(N=C)=C(\C=C)N1COC(COc2cccc(C(C)(C)C)c2)C1.CC. The van der Waals surface area contributed by atoms with Gasteiger partial charge in [0.25, 0.3) is 0 Å². The van der Waals surface area contributed by atoms with E-state index >= 15 is 0 Å². The first-order valence-electron chi connectivity index (χ1n) is 9.44. The van der Waals surface area contributed by atoms with Crippen molar-refractivity contribution in [1.29, 1.82) is 0 Å². The Morgan fingerprint density at radius 3 is 2.56 bits per heavy atom. The Kier molecular flexibility index (Phi) is 9.03. The Morgan fingerprint density at radius 2 is 2.00 bits per heavy atom. The van der Waals surface area contributed by atoms with Crippen molar-refractivity contribution in [2.75, 3.05) is 19.9 Å². The fourth-order valence-corrected chi connectivity index (χ4v) is 2.70. The summed E-state index contributed by atoms with van der Waals surface area (Å²) in [7, 11) is 0. The van der Waals surface area contributed by atoms with Crippen LogP contribution in [0, 0.1) is 0 Å². The lowest BCUT2D eigenvalue weighted by Gasteiger charge is -2.20. The molecule has 0 aromatic heterocycles. The van der Waals surface area contributed by atoms with Crippen LogP contribution in [-0.2, 0) is 10.2 Å². The minimum absolute atomic E-state index is 0.0101. The zero-order valence-electron chi connectivity index (χ0n) is 17.5. The standard InChI is InChI=1S/C21H28N2O2.C2H6/c1-7-19(22-6)20(8-2)23-13-18(25-15-23)14-24-17-11-9-10-16(12-17)21(3,4)5;1-2/h7-12,18H,1-2,6,13-15H2,3-5H3;1-2H3/b20-19-;. The van der Waals surface area contributed by atoms with Gasteiger partial charge in [0.15, 0.2) is 0 Å². The van der Waals surface area contributed by atoms with Crippen LogP contribution in [0.5, 0.6) is 5.75 Å². The zero-order chi connectivity index (χ0) is 20.4. The van der Waals surface area contributed by atoms with Crippen molar-refractivity contribution < 1.29 is 9.47 Å². The lowest BCUT2D eigenvalue weighted by Crippen LogP contribution is -2.25. The van der Waals surface area contributed by atoms with Crippen LogP contribution in [-0.4, -0.2) is 37.6 Å². The van der Waals surface area contributed by atoms with Gasteiger partial charge in [-0.05, 0) is 42.0 Å². The minimum atomic E-state index is -0.0101. The van der Waals surface area contributed by atoms with Gasteiger partial charge in [0.2, 0.25) is 0 Å². The van der Waals surface area contributed by atoms with Crippen molar-refractivity contribution in [2.45, 2.75) is 46.1 Å². The molecular weight excluding hydrogens is 336 g/mol. The molecule has 0 radical (unpaired) electrons. The predicted octanol–water partition coefficient (Wildman–Crippen LogP) is 5.33. The van der Waals surface area contributed by atoms with E-state index in [4.69, 9.17) is 9.47 Å². The summed E-state index contributed by atoms with van der Waals surface area (Å²) in [5, 5.41) is 0. The quantitative estimate of drug-likeness (QED) is 0.480. The maximum absolute atomic E-state index is 5.95. The van der Waals surface area contributed by atoms with Gasteiger partial charge in [-0.1, -0.05) is 59.9 Å². The van der Waals surface area contributed by atoms with Crippen molar-refractivity contribution in [3.05, 3.63) is 66.5 Å². The molecule has 1 saturated heterocycles. The molecular formula is C23H34N2O2. The van der Waals surface area contributed by atoms with Gasteiger partial charge < -0.3 is 14.4 Å². The fraction of sp³-hybridized carbons (Fsp3) is 0.435. The zero-order valence-corrected chi connectivity index (χ0v) is 17.5. The Bertz CT molecular complexity index is 661. The Morgan fingerprint density at radius 1 is 1.30 bits per heavy atom. The van der Waals surface area contributed by atoms with Crippen molar-refractivity contribution in [1.82, 2.24) is 4.90 Å². The van der Waals surface area contributed by atoms with Gasteiger partial charge in [-0.3, -0.25) is 4.99 Å². The third-order valence-corrected chi connectivity index (χ3v) is 4.19. The molecule has 1 atom stereocenters. The van der Waals surface area contributed by atoms with E-state index in [1.165, 1.54) is 5.56 Å². The molecule has 1 aromatic rings. The van der Waals surface area contributed by atoms with Gasteiger partial charge in [0.1, 0.15) is 25.2 Å². The summed E-state index contributed by atoms with van der Waals surface area (Å²) in [6, 6.07) is 8.23. The number of benzene rings is 1. The molecule has 0 amide bonds. The average Bonchev–Trinajstić information content (AvgIpc) is 3.14. The van der Waals surface area contributed by atoms with Crippen molar-refractivity contribution in [3.63, 3.8) is 0 Å². The molecule has 1 aliphatic heterocycles. The van der Waals surface area contributed by atoms with E-state index < -0.39 is 0 Å². The van der Waals surface area contributed by atoms with Crippen molar-refractivity contribution >= 4 is 6.72 Å². The van der Waals surface area contributed by atoms with E-state index in [1.54, 1.807) is 12.2 Å². The van der Waals surface area contributed by atoms with Gasteiger partial charge in [-0.2, -0.15) is 0 Å². The maximum atomic E-state index is 5.95. The number of hydrogen-bond donors (Lipinski definition) is 0. The smallest absolute Gasteiger partial charge is 0.119 e. The number of aliphatic imine (C=N–C) groups is 1. The highest BCUT2D eigenvalue weighted by molar-refractivity contribution is 5.38. The minimum Gasteiger partial charge on any atom is -0.491 e. The van der Waals surface area contributed by atoms with Crippen LogP contribution in [0.2, 0.25) is 0 Å². The molecule has 0 saturated carbocycles.